The number of benzene rings is 1. The fraction of sp³-hybridized carbons (Fsp3) is 0.0833. The third kappa shape index (κ3) is 2.90. The van der Waals surface area contributed by atoms with Gasteiger partial charge in [-0.05, 0) is 24.6 Å². The van der Waals surface area contributed by atoms with Gasteiger partial charge in [-0.3, -0.25) is 4.79 Å². The molecule has 2 heteroatoms. The highest BCUT2D eigenvalue weighted by atomic mass is 16.1. The van der Waals surface area contributed by atoms with Crippen LogP contribution < -0.4 is 5.73 Å². The average Bonchev–Trinajstić information content (AvgIpc) is 2.22. The van der Waals surface area contributed by atoms with Gasteiger partial charge in [-0.2, -0.15) is 0 Å². The van der Waals surface area contributed by atoms with Gasteiger partial charge in [-0.15, -0.1) is 0 Å². The summed E-state index contributed by atoms with van der Waals surface area (Å²) in [4.78, 5) is 10.5. The maximum absolute atomic E-state index is 10.5. The van der Waals surface area contributed by atoms with Crippen LogP contribution in [0.25, 0.3) is 6.08 Å². The molecule has 0 saturated heterocycles. The van der Waals surface area contributed by atoms with Gasteiger partial charge in [-0.1, -0.05) is 30.4 Å². The molecule has 1 aromatic carbocycles. The molecule has 1 aromatic rings. The lowest BCUT2D eigenvalue weighted by Crippen LogP contribution is -1.83. The van der Waals surface area contributed by atoms with Gasteiger partial charge in [0.05, 0.1) is 0 Å². The molecule has 0 heterocycles. The number of aldehydes is 1. The number of nitrogen functional groups attached to an aromatic ring is 1. The predicted octanol–water partition coefficient (Wildman–Crippen LogP) is 2.43. The molecule has 0 aromatic heterocycles. The molecule has 14 heavy (non-hydrogen) atoms. The van der Waals surface area contributed by atoms with Gasteiger partial charge < -0.3 is 5.73 Å². The zero-order valence-electron chi connectivity index (χ0n) is 8.10. The largest absolute Gasteiger partial charge is 0.399 e. The molecule has 0 unspecified atom stereocenters. The molecule has 0 spiro atoms. The first kappa shape index (κ1) is 10.3. The molecule has 0 amide bonds. The Labute approximate surface area is 83.7 Å². The first-order valence-corrected chi connectivity index (χ1v) is 4.41. The van der Waals surface area contributed by atoms with Gasteiger partial charge in [0.2, 0.25) is 0 Å². The van der Waals surface area contributed by atoms with Crippen molar-refractivity contribution >= 4 is 18.0 Å². The molecule has 1 rings (SSSR count). The molecule has 0 fully saturated rings. The molecule has 0 aliphatic heterocycles. The topological polar surface area (TPSA) is 43.1 Å². The Balaban J connectivity index is 2.78. The molecular weight excluding hydrogens is 174 g/mol. The molecule has 2 nitrogen and oxygen atoms in total. The number of allylic oxidation sites excluding steroid dienone is 3. The van der Waals surface area contributed by atoms with Crippen molar-refractivity contribution in [3.05, 3.63) is 47.6 Å². The molecule has 0 radical (unpaired) electrons. The maximum atomic E-state index is 10.5. The van der Waals surface area contributed by atoms with Crippen LogP contribution in [0.5, 0.6) is 0 Å². The molecule has 0 bridgehead atoms. The number of hydrogen-bond acceptors (Lipinski definition) is 2. The van der Waals surface area contributed by atoms with Crippen LogP contribution in [0.15, 0.2) is 42.0 Å². The lowest BCUT2D eigenvalue weighted by atomic mass is 10.1. The monoisotopic (exact) mass is 187 g/mol. The van der Waals surface area contributed by atoms with E-state index in [4.69, 9.17) is 5.73 Å². The maximum Gasteiger partial charge on any atom is 0.149 e. The summed E-state index contributed by atoms with van der Waals surface area (Å²) in [7, 11) is 0. The summed E-state index contributed by atoms with van der Waals surface area (Å²) in [5.41, 5.74) is 7.98. The number of nitrogens with two attached hydrogens (primary N) is 1. The van der Waals surface area contributed by atoms with E-state index in [9.17, 15) is 4.79 Å². The SMILES string of the molecule is C/C=C(C=O)\C=C\c1ccc(N)cc1. The average molecular weight is 187 g/mol. The smallest absolute Gasteiger partial charge is 0.149 e. The van der Waals surface area contributed by atoms with Crippen LogP contribution in [-0.2, 0) is 4.79 Å². The molecule has 0 atom stereocenters. The van der Waals surface area contributed by atoms with Crippen LogP contribution in [-0.4, -0.2) is 6.29 Å². The fourth-order valence-electron chi connectivity index (χ4n) is 1.00. The summed E-state index contributed by atoms with van der Waals surface area (Å²) in [6.07, 6.45) is 6.25. The van der Waals surface area contributed by atoms with E-state index in [1.165, 1.54) is 0 Å². The van der Waals surface area contributed by atoms with Crippen LogP contribution >= 0.6 is 0 Å². The first-order chi connectivity index (χ1) is 6.76. The van der Waals surface area contributed by atoms with E-state index in [2.05, 4.69) is 0 Å². The highest BCUT2D eigenvalue weighted by molar-refractivity contribution is 5.79. The van der Waals surface area contributed by atoms with Gasteiger partial charge in [0.15, 0.2) is 0 Å². The molecule has 0 saturated carbocycles. The van der Waals surface area contributed by atoms with Crippen molar-refractivity contribution in [1.29, 1.82) is 0 Å². The minimum absolute atomic E-state index is 0.668. The van der Waals surface area contributed by atoms with Gasteiger partial charge in [0.1, 0.15) is 6.29 Å². The molecule has 2 N–H and O–H groups in total. The van der Waals surface area contributed by atoms with Crippen molar-refractivity contribution in [2.75, 3.05) is 5.73 Å². The van der Waals surface area contributed by atoms with E-state index >= 15 is 0 Å². The first-order valence-electron chi connectivity index (χ1n) is 4.41. The Bertz CT molecular complexity index is 360. The van der Waals surface area contributed by atoms with E-state index < -0.39 is 0 Å². The number of anilines is 1. The number of carbonyl (C=O) groups is 1. The van der Waals surface area contributed by atoms with E-state index in [1.54, 1.807) is 12.2 Å². The Kier molecular flexibility index (Phi) is 3.68. The second kappa shape index (κ2) is 5.02. The molecule has 0 aliphatic rings. The quantitative estimate of drug-likeness (QED) is 0.342. The summed E-state index contributed by atoms with van der Waals surface area (Å²) in [5.74, 6) is 0. The Morgan fingerprint density at radius 3 is 2.43 bits per heavy atom. The standard InChI is InChI=1S/C12H13NO/c1-2-10(9-14)3-4-11-5-7-12(13)8-6-11/h2-9H,13H2,1H3/b4-3+,10-2+. The second-order valence-electron chi connectivity index (χ2n) is 2.91. The second-order valence-corrected chi connectivity index (χ2v) is 2.91. The lowest BCUT2D eigenvalue weighted by Gasteiger charge is -1.94. The van der Waals surface area contributed by atoms with Crippen LogP contribution in [0.3, 0.4) is 0 Å². The molecule has 72 valence electrons. The van der Waals surface area contributed by atoms with Gasteiger partial charge in [0.25, 0.3) is 0 Å². The van der Waals surface area contributed by atoms with Gasteiger partial charge >= 0.3 is 0 Å². The van der Waals surface area contributed by atoms with E-state index in [0.29, 0.717) is 5.57 Å². The third-order valence-corrected chi connectivity index (χ3v) is 1.87. The summed E-state index contributed by atoms with van der Waals surface area (Å²) in [6, 6.07) is 7.47. The number of carbonyl (C=O) groups excluding carboxylic acids is 1. The van der Waals surface area contributed by atoms with Crippen LogP contribution in [0.4, 0.5) is 5.69 Å². The Morgan fingerprint density at radius 1 is 1.29 bits per heavy atom. The normalized spacial score (nSPS) is 11.9. The summed E-state index contributed by atoms with van der Waals surface area (Å²) in [5, 5.41) is 0. The van der Waals surface area contributed by atoms with Crippen LogP contribution in [0.2, 0.25) is 0 Å². The minimum atomic E-state index is 0.668. The zero-order valence-corrected chi connectivity index (χ0v) is 8.10. The molecular formula is C12H13NO. The van der Waals surface area contributed by atoms with Crippen molar-refractivity contribution in [2.45, 2.75) is 6.92 Å². The zero-order chi connectivity index (χ0) is 10.4. The van der Waals surface area contributed by atoms with Crippen LogP contribution in [0, 0.1) is 0 Å². The summed E-state index contributed by atoms with van der Waals surface area (Å²) < 4.78 is 0. The van der Waals surface area contributed by atoms with E-state index in [0.717, 1.165) is 17.5 Å². The van der Waals surface area contributed by atoms with E-state index in [-0.39, 0.29) is 0 Å². The van der Waals surface area contributed by atoms with Crippen molar-refractivity contribution < 1.29 is 4.79 Å². The Morgan fingerprint density at radius 2 is 1.93 bits per heavy atom. The van der Waals surface area contributed by atoms with Crippen molar-refractivity contribution in [1.82, 2.24) is 0 Å². The van der Waals surface area contributed by atoms with Gasteiger partial charge in [0, 0.05) is 11.3 Å². The minimum Gasteiger partial charge on any atom is -0.399 e. The third-order valence-electron chi connectivity index (χ3n) is 1.87. The molecule has 0 aliphatic carbocycles. The highest BCUT2D eigenvalue weighted by Gasteiger charge is 1.88. The Hall–Kier alpha value is -1.83. The fourth-order valence-corrected chi connectivity index (χ4v) is 1.00. The number of rotatable bonds is 3. The highest BCUT2D eigenvalue weighted by Crippen LogP contribution is 2.08. The predicted molar refractivity (Wildman–Crippen MR) is 59.7 cm³/mol. The summed E-state index contributed by atoms with van der Waals surface area (Å²) in [6.45, 7) is 1.83. The van der Waals surface area contributed by atoms with E-state index in [1.807, 2.05) is 37.3 Å². The van der Waals surface area contributed by atoms with Crippen molar-refractivity contribution in [3.8, 4) is 0 Å². The van der Waals surface area contributed by atoms with Crippen molar-refractivity contribution in [2.24, 2.45) is 0 Å². The summed E-state index contributed by atoms with van der Waals surface area (Å²) >= 11 is 0. The lowest BCUT2D eigenvalue weighted by molar-refractivity contribution is -0.104. The number of hydrogen-bond donors (Lipinski definition) is 1. The van der Waals surface area contributed by atoms with Gasteiger partial charge in [-0.25, -0.2) is 0 Å². The van der Waals surface area contributed by atoms with Crippen molar-refractivity contribution in [3.63, 3.8) is 0 Å². The van der Waals surface area contributed by atoms with Crippen LogP contribution in [0.1, 0.15) is 12.5 Å².